The number of hydrogen-bond donors (Lipinski definition) is 2. The minimum absolute atomic E-state index is 0.255. The number of nitrogens with two attached hydrogens (primary N) is 1. The van der Waals surface area contributed by atoms with E-state index in [-0.39, 0.29) is 5.11 Å². The Labute approximate surface area is 104 Å². The molecule has 0 atom stereocenters. The summed E-state index contributed by atoms with van der Waals surface area (Å²) in [7, 11) is 0. The number of pyridine rings is 1. The largest absolute Gasteiger partial charge is 0.374 e. The molecule has 1 aliphatic rings. The second-order valence-corrected chi connectivity index (χ2v) is 4.26. The number of anilines is 1. The summed E-state index contributed by atoms with van der Waals surface area (Å²) in [4.78, 5) is 4.11. The van der Waals surface area contributed by atoms with Gasteiger partial charge in [-0.2, -0.15) is 9.78 Å². The number of nitrogens with one attached hydrogen (secondary N) is 1. The number of thiocarbonyl (C=S) groups is 1. The van der Waals surface area contributed by atoms with Crippen LogP contribution < -0.4 is 11.1 Å². The van der Waals surface area contributed by atoms with Crippen molar-refractivity contribution >= 4 is 23.1 Å². The van der Waals surface area contributed by atoms with Crippen LogP contribution in [0.3, 0.4) is 0 Å². The van der Waals surface area contributed by atoms with Crippen molar-refractivity contribution in [3.05, 3.63) is 30.1 Å². The molecule has 3 rings (SSSR count). The van der Waals surface area contributed by atoms with Crippen molar-refractivity contribution in [2.75, 3.05) is 11.9 Å². The van der Waals surface area contributed by atoms with E-state index in [0.717, 1.165) is 35.6 Å². The molecule has 0 fully saturated rings. The maximum atomic E-state index is 5.65. The first kappa shape index (κ1) is 10.2. The van der Waals surface area contributed by atoms with E-state index in [1.54, 1.807) is 17.1 Å². The molecule has 0 saturated carbocycles. The maximum Gasteiger partial charge on any atom is 0.193 e. The number of fused-ring (bicyclic) bond motifs is 1. The summed E-state index contributed by atoms with van der Waals surface area (Å²) in [6.07, 6.45) is 4.47. The van der Waals surface area contributed by atoms with Gasteiger partial charge in [0, 0.05) is 30.1 Å². The SMILES string of the molecule is NC(=S)n1nc(-c2cccnc2)c2c1NCC2. The van der Waals surface area contributed by atoms with Gasteiger partial charge in [-0.1, -0.05) is 0 Å². The van der Waals surface area contributed by atoms with Crippen molar-refractivity contribution in [2.24, 2.45) is 5.73 Å². The minimum atomic E-state index is 0.255. The highest BCUT2D eigenvalue weighted by Crippen LogP contribution is 2.31. The molecule has 3 N–H and O–H groups in total. The molecule has 6 heteroatoms. The van der Waals surface area contributed by atoms with Crippen molar-refractivity contribution in [3.8, 4) is 11.3 Å². The van der Waals surface area contributed by atoms with Gasteiger partial charge in [-0.15, -0.1) is 0 Å². The van der Waals surface area contributed by atoms with Gasteiger partial charge in [-0.05, 0) is 30.8 Å². The van der Waals surface area contributed by atoms with Crippen LogP contribution in [0.5, 0.6) is 0 Å². The third kappa shape index (κ3) is 1.57. The predicted octanol–water partition coefficient (Wildman–Crippen LogP) is 1.00. The molecular weight excluding hydrogens is 234 g/mol. The predicted molar refractivity (Wildman–Crippen MR) is 69.8 cm³/mol. The van der Waals surface area contributed by atoms with Crippen molar-refractivity contribution in [1.82, 2.24) is 14.8 Å². The van der Waals surface area contributed by atoms with Crippen LogP contribution in [-0.2, 0) is 6.42 Å². The first-order valence-electron chi connectivity index (χ1n) is 5.33. The van der Waals surface area contributed by atoms with Gasteiger partial charge >= 0.3 is 0 Å². The Hall–Kier alpha value is -1.95. The van der Waals surface area contributed by atoms with Crippen molar-refractivity contribution < 1.29 is 0 Å². The van der Waals surface area contributed by atoms with Gasteiger partial charge < -0.3 is 11.1 Å². The molecule has 86 valence electrons. The van der Waals surface area contributed by atoms with E-state index in [2.05, 4.69) is 15.4 Å². The van der Waals surface area contributed by atoms with Crippen LogP contribution in [0.2, 0.25) is 0 Å². The summed E-state index contributed by atoms with van der Waals surface area (Å²) >= 11 is 4.99. The summed E-state index contributed by atoms with van der Waals surface area (Å²) in [6.45, 7) is 0.892. The highest BCUT2D eigenvalue weighted by molar-refractivity contribution is 7.80. The van der Waals surface area contributed by atoms with Crippen LogP contribution >= 0.6 is 12.2 Å². The second-order valence-electron chi connectivity index (χ2n) is 3.84. The Morgan fingerprint density at radius 3 is 3.12 bits per heavy atom. The van der Waals surface area contributed by atoms with Crippen molar-refractivity contribution in [3.63, 3.8) is 0 Å². The normalized spacial score (nSPS) is 13.2. The van der Waals surface area contributed by atoms with Gasteiger partial charge in [0.1, 0.15) is 5.82 Å². The lowest BCUT2D eigenvalue weighted by Gasteiger charge is -2.02. The number of rotatable bonds is 1. The zero-order valence-corrected chi connectivity index (χ0v) is 9.87. The molecule has 3 heterocycles. The standard InChI is InChI=1S/C11H11N5S/c12-11(17)16-10-8(3-5-14-10)9(15-16)7-2-1-4-13-6-7/h1-2,4,6,14H,3,5H2,(H2,12,17). The van der Waals surface area contributed by atoms with Crippen molar-refractivity contribution in [1.29, 1.82) is 0 Å². The molecule has 0 aliphatic carbocycles. The molecule has 0 radical (unpaired) electrons. The third-order valence-electron chi connectivity index (χ3n) is 2.79. The van der Waals surface area contributed by atoms with Crippen LogP contribution in [0.4, 0.5) is 5.82 Å². The van der Waals surface area contributed by atoms with Crippen molar-refractivity contribution in [2.45, 2.75) is 6.42 Å². The van der Waals surface area contributed by atoms with E-state index < -0.39 is 0 Å². The molecule has 5 nitrogen and oxygen atoms in total. The lowest BCUT2D eigenvalue weighted by molar-refractivity contribution is 0.935. The molecule has 0 unspecified atom stereocenters. The van der Waals surface area contributed by atoms with Gasteiger partial charge in [0.25, 0.3) is 0 Å². The average Bonchev–Trinajstić information content (AvgIpc) is 2.90. The summed E-state index contributed by atoms with van der Waals surface area (Å²) in [5, 5.41) is 7.96. The minimum Gasteiger partial charge on any atom is -0.374 e. The lowest BCUT2D eigenvalue weighted by atomic mass is 10.1. The quantitative estimate of drug-likeness (QED) is 0.734. The molecule has 2 aromatic heterocycles. The molecule has 0 bridgehead atoms. The number of hydrogen-bond acceptors (Lipinski definition) is 4. The van der Waals surface area contributed by atoms with E-state index in [9.17, 15) is 0 Å². The highest BCUT2D eigenvalue weighted by atomic mass is 32.1. The fourth-order valence-electron chi connectivity index (χ4n) is 2.07. The topological polar surface area (TPSA) is 68.8 Å². The summed E-state index contributed by atoms with van der Waals surface area (Å²) in [6, 6.07) is 3.88. The molecule has 0 saturated heterocycles. The molecule has 0 amide bonds. The molecule has 0 spiro atoms. The average molecular weight is 245 g/mol. The fraction of sp³-hybridized carbons (Fsp3) is 0.182. The van der Waals surface area contributed by atoms with E-state index in [0.29, 0.717) is 0 Å². The Morgan fingerprint density at radius 2 is 2.41 bits per heavy atom. The fourth-order valence-corrected chi connectivity index (χ4v) is 2.20. The van der Waals surface area contributed by atoms with E-state index in [1.165, 1.54) is 0 Å². The first-order chi connectivity index (χ1) is 8.27. The van der Waals surface area contributed by atoms with Gasteiger partial charge in [0.15, 0.2) is 5.11 Å². The monoisotopic (exact) mass is 245 g/mol. The zero-order valence-electron chi connectivity index (χ0n) is 9.05. The lowest BCUT2D eigenvalue weighted by Crippen LogP contribution is -2.22. The van der Waals surface area contributed by atoms with Gasteiger partial charge in [0.2, 0.25) is 0 Å². The first-order valence-corrected chi connectivity index (χ1v) is 5.74. The smallest absolute Gasteiger partial charge is 0.193 e. The molecule has 0 aromatic carbocycles. The van der Waals surface area contributed by atoms with Gasteiger partial charge in [0.05, 0.1) is 5.69 Å². The Balaban J connectivity index is 2.19. The van der Waals surface area contributed by atoms with E-state index in [1.807, 2.05) is 12.1 Å². The highest BCUT2D eigenvalue weighted by Gasteiger charge is 2.23. The van der Waals surface area contributed by atoms with Gasteiger partial charge in [-0.3, -0.25) is 4.98 Å². The molecular formula is C11H11N5S. The Kier molecular flexibility index (Phi) is 2.29. The van der Waals surface area contributed by atoms with Crippen LogP contribution in [-0.4, -0.2) is 26.4 Å². The number of nitrogens with zero attached hydrogens (tertiary/aromatic N) is 3. The van der Waals surface area contributed by atoms with Gasteiger partial charge in [-0.25, -0.2) is 0 Å². The maximum absolute atomic E-state index is 5.65. The van der Waals surface area contributed by atoms with Crippen LogP contribution in [0.1, 0.15) is 5.56 Å². The Morgan fingerprint density at radius 1 is 1.53 bits per heavy atom. The molecule has 2 aromatic rings. The third-order valence-corrected chi connectivity index (χ3v) is 2.97. The summed E-state index contributed by atoms with van der Waals surface area (Å²) < 4.78 is 1.58. The van der Waals surface area contributed by atoms with Crippen LogP contribution in [0.25, 0.3) is 11.3 Å². The van der Waals surface area contributed by atoms with E-state index >= 15 is 0 Å². The summed E-state index contributed by atoms with van der Waals surface area (Å²) in [5.74, 6) is 0.913. The summed E-state index contributed by atoms with van der Waals surface area (Å²) in [5.41, 5.74) is 8.71. The van der Waals surface area contributed by atoms with Crippen LogP contribution in [0.15, 0.2) is 24.5 Å². The molecule has 17 heavy (non-hydrogen) atoms. The molecule has 1 aliphatic heterocycles. The van der Waals surface area contributed by atoms with E-state index in [4.69, 9.17) is 18.0 Å². The second kappa shape index (κ2) is 3.81. The number of aromatic nitrogens is 3. The zero-order chi connectivity index (χ0) is 11.8. The Bertz CT molecular complexity index is 575. The van der Waals surface area contributed by atoms with Crippen LogP contribution in [0, 0.1) is 0 Å².